The minimum Gasteiger partial charge on any atom is -0.387 e. The van der Waals surface area contributed by atoms with E-state index in [1.807, 2.05) is 10.8 Å². The number of thiophene rings is 1. The van der Waals surface area contributed by atoms with Crippen molar-refractivity contribution in [3.8, 4) is 0 Å². The molecule has 0 radical (unpaired) electrons. The zero-order chi connectivity index (χ0) is 13.7. The van der Waals surface area contributed by atoms with E-state index < -0.39 is 18.6 Å². The number of hydrogen-bond donors (Lipinski definition) is 2. The molecule has 5 heteroatoms. The molecule has 0 saturated heterocycles. The molecule has 0 spiro atoms. The fraction of sp³-hybridized carbons (Fsp3) is 0.286. The summed E-state index contributed by atoms with van der Waals surface area (Å²) in [4.78, 5) is 0. The Balaban J connectivity index is 1.85. The van der Waals surface area contributed by atoms with E-state index in [0.29, 0.717) is 0 Å². The summed E-state index contributed by atoms with van der Waals surface area (Å²) in [5.74, 6) is -2.93. The molecular formula is C14H15F2NOS. The van der Waals surface area contributed by atoms with Crippen LogP contribution in [0.15, 0.2) is 47.2 Å². The minimum atomic E-state index is -2.93. The van der Waals surface area contributed by atoms with Gasteiger partial charge in [-0.1, -0.05) is 30.3 Å². The van der Waals surface area contributed by atoms with Crippen LogP contribution in [-0.2, 0) is 5.92 Å². The van der Waals surface area contributed by atoms with Crippen LogP contribution in [0.5, 0.6) is 0 Å². The first-order chi connectivity index (χ1) is 9.09. The largest absolute Gasteiger partial charge is 0.387 e. The molecule has 0 fully saturated rings. The summed E-state index contributed by atoms with van der Waals surface area (Å²) >= 11 is 1.47. The van der Waals surface area contributed by atoms with Crippen molar-refractivity contribution in [1.29, 1.82) is 0 Å². The fourth-order valence-electron chi connectivity index (χ4n) is 1.73. The maximum absolute atomic E-state index is 13.8. The third kappa shape index (κ3) is 3.83. The molecule has 102 valence electrons. The van der Waals surface area contributed by atoms with Gasteiger partial charge in [0.1, 0.15) is 0 Å². The highest BCUT2D eigenvalue weighted by molar-refractivity contribution is 7.07. The number of halogens is 2. The zero-order valence-corrected chi connectivity index (χ0v) is 11.0. The van der Waals surface area contributed by atoms with Crippen molar-refractivity contribution in [2.45, 2.75) is 12.0 Å². The number of aliphatic hydroxyl groups excluding tert-OH is 1. The maximum atomic E-state index is 13.8. The van der Waals surface area contributed by atoms with E-state index in [1.165, 1.54) is 23.5 Å². The maximum Gasteiger partial charge on any atom is 0.285 e. The van der Waals surface area contributed by atoms with Crippen molar-refractivity contribution < 1.29 is 13.9 Å². The van der Waals surface area contributed by atoms with Gasteiger partial charge in [-0.15, -0.1) is 0 Å². The summed E-state index contributed by atoms with van der Waals surface area (Å²) in [6.45, 7) is -0.378. The topological polar surface area (TPSA) is 32.3 Å². The van der Waals surface area contributed by atoms with E-state index in [1.54, 1.807) is 24.3 Å². The van der Waals surface area contributed by atoms with Crippen LogP contribution in [-0.4, -0.2) is 18.2 Å². The number of rotatable bonds is 6. The molecule has 0 aliphatic rings. The van der Waals surface area contributed by atoms with Crippen LogP contribution in [0.1, 0.15) is 17.2 Å². The summed E-state index contributed by atoms with van der Waals surface area (Å²) in [5, 5.41) is 16.0. The van der Waals surface area contributed by atoms with Crippen molar-refractivity contribution in [3.63, 3.8) is 0 Å². The number of alkyl halides is 2. The molecule has 1 unspecified atom stereocenters. The van der Waals surface area contributed by atoms with Gasteiger partial charge in [-0.05, 0) is 22.4 Å². The van der Waals surface area contributed by atoms with Crippen LogP contribution in [0, 0.1) is 0 Å². The van der Waals surface area contributed by atoms with Gasteiger partial charge in [0.15, 0.2) is 0 Å². The Labute approximate surface area is 114 Å². The second kappa shape index (κ2) is 6.23. The lowest BCUT2D eigenvalue weighted by Crippen LogP contribution is -2.33. The normalized spacial score (nSPS) is 13.4. The molecular weight excluding hydrogens is 268 g/mol. The second-order valence-electron chi connectivity index (χ2n) is 4.27. The Morgan fingerprint density at radius 1 is 1.21 bits per heavy atom. The molecule has 1 aromatic carbocycles. The number of nitrogens with one attached hydrogen (secondary N) is 1. The Morgan fingerprint density at radius 2 is 1.95 bits per heavy atom. The van der Waals surface area contributed by atoms with Gasteiger partial charge < -0.3 is 10.4 Å². The molecule has 0 amide bonds. The lowest BCUT2D eigenvalue weighted by Gasteiger charge is -2.18. The Kier molecular flexibility index (Phi) is 4.63. The predicted molar refractivity (Wildman–Crippen MR) is 72.5 cm³/mol. The zero-order valence-electron chi connectivity index (χ0n) is 10.2. The second-order valence-corrected chi connectivity index (χ2v) is 5.05. The number of aliphatic hydroxyl groups is 1. The van der Waals surface area contributed by atoms with Gasteiger partial charge in [0.2, 0.25) is 0 Å². The van der Waals surface area contributed by atoms with E-state index in [9.17, 15) is 13.9 Å². The fourth-order valence-corrected chi connectivity index (χ4v) is 2.44. The predicted octanol–water partition coefficient (Wildman–Crippen LogP) is 3.16. The number of hydrogen-bond acceptors (Lipinski definition) is 3. The van der Waals surface area contributed by atoms with Gasteiger partial charge in [0, 0.05) is 12.1 Å². The van der Waals surface area contributed by atoms with Crippen molar-refractivity contribution in [3.05, 3.63) is 58.3 Å². The highest BCUT2D eigenvalue weighted by Crippen LogP contribution is 2.26. The molecule has 2 nitrogen and oxygen atoms in total. The first kappa shape index (κ1) is 14.1. The first-order valence-electron chi connectivity index (χ1n) is 5.94. The minimum absolute atomic E-state index is 0.0208. The van der Waals surface area contributed by atoms with Crippen molar-refractivity contribution in [2.24, 2.45) is 0 Å². The van der Waals surface area contributed by atoms with Gasteiger partial charge in [-0.2, -0.15) is 20.1 Å². The highest BCUT2D eigenvalue weighted by atomic mass is 32.1. The molecule has 2 N–H and O–H groups in total. The molecule has 0 aliphatic carbocycles. The molecule has 0 bridgehead atoms. The molecule has 0 aliphatic heterocycles. The highest BCUT2D eigenvalue weighted by Gasteiger charge is 2.30. The van der Waals surface area contributed by atoms with E-state index in [0.717, 1.165) is 5.56 Å². The SMILES string of the molecule is OC(CNCC(F)(F)c1ccccc1)c1ccsc1. The molecule has 0 saturated carbocycles. The average Bonchev–Trinajstić information content (AvgIpc) is 2.93. The van der Waals surface area contributed by atoms with Crippen molar-refractivity contribution in [2.75, 3.05) is 13.1 Å². The van der Waals surface area contributed by atoms with E-state index in [2.05, 4.69) is 5.32 Å². The number of benzene rings is 1. The van der Waals surface area contributed by atoms with E-state index >= 15 is 0 Å². The van der Waals surface area contributed by atoms with Crippen LogP contribution in [0.25, 0.3) is 0 Å². The van der Waals surface area contributed by atoms with Crippen molar-refractivity contribution in [1.82, 2.24) is 5.32 Å². The van der Waals surface area contributed by atoms with E-state index in [-0.39, 0.29) is 12.1 Å². The van der Waals surface area contributed by atoms with Crippen LogP contribution in [0.2, 0.25) is 0 Å². The summed E-state index contributed by atoms with van der Waals surface area (Å²) in [6.07, 6.45) is -0.752. The van der Waals surface area contributed by atoms with Crippen molar-refractivity contribution >= 4 is 11.3 Å². The smallest absolute Gasteiger partial charge is 0.285 e. The molecule has 1 aromatic heterocycles. The quantitative estimate of drug-likeness (QED) is 0.853. The molecule has 1 heterocycles. The monoisotopic (exact) mass is 283 g/mol. The standard InChI is InChI=1S/C14H15F2NOS/c15-14(16,12-4-2-1-3-5-12)10-17-8-13(18)11-6-7-19-9-11/h1-7,9,13,17-18H,8,10H2. The van der Waals surface area contributed by atoms with Crippen LogP contribution in [0.4, 0.5) is 8.78 Å². The van der Waals surface area contributed by atoms with Gasteiger partial charge in [0.05, 0.1) is 12.6 Å². The third-order valence-electron chi connectivity index (χ3n) is 2.81. The molecule has 1 atom stereocenters. The Hall–Kier alpha value is -1.30. The first-order valence-corrected chi connectivity index (χ1v) is 6.88. The lowest BCUT2D eigenvalue weighted by atomic mass is 10.1. The van der Waals surface area contributed by atoms with Crippen LogP contribution >= 0.6 is 11.3 Å². The Morgan fingerprint density at radius 3 is 2.58 bits per heavy atom. The summed E-state index contributed by atoms with van der Waals surface area (Å²) in [5.41, 5.74) is 0.730. The summed E-state index contributed by atoms with van der Waals surface area (Å²) in [6, 6.07) is 9.46. The summed E-state index contributed by atoms with van der Waals surface area (Å²) < 4.78 is 27.6. The van der Waals surface area contributed by atoms with Gasteiger partial charge in [-0.25, -0.2) is 0 Å². The Bertz CT molecular complexity index is 487. The molecule has 2 aromatic rings. The summed E-state index contributed by atoms with van der Waals surface area (Å²) in [7, 11) is 0. The van der Waals surface area contributed by atoms with Gasteiger partial charge >= 0.3 is 0 Å². The molecule has 2 rings (SSSR count). The third-order valence-corrected chi connectivity index (χ3v) is 3.51. The molecule has 19 heavy (non-hydrogen) atoms. The van der Waals surface area contributed by atoms with Crippen LogP contribution in [0.3, 0.4) is 0 Å². The average molecular weight is 283 g/mol. The van der Waals surface area contributed by atoms with Gasteiger partial charge in [-0.3, -0.25) is 0 Å². The lowest BCUT2D eigenvalue weighted by molar-refractivity contribution is -0.00559. The van der Waals surface area contributed by atoms with E-state index in [4.69, 9.17) is 0 Å². The van der Waals surface area contributed by atoms with Gasteiger partial charge in [0.25, 0.3) is 5.92 Å². The van der Waals surface area contributed by atoms with Crippen LogP contribution < -0.4 is 5.32 Å².